The number of hydrogen-bond acceptors (Lipinski definition) is 7. The number of methoxy groups -OCH3 is 1. The van der Waals surface area contributed by atoms with Gasteiger partial charge in [-0.05, 0) is 70.1 Å². The largest absolute Gasteiger partial charge is 0.497 e. The van der Waals surface area contributed by atoms with Crippen molar-refractivity contribution in [2.75, 3.05) is 7.11 Å². The maximum atomic E-state index is 12.9. The minimum atomic E-state index is -0.0737. The fourth-order valence-electron chi connectivity index (χ4n) is 4.08. The van der Waals surface area contributed by atoms with Crippen molar-refractivity contribution >= 4 is 22.2 Å². The number of ether oxygens (including phenoxy) is 1. The van der Waals surface area contributed by atoms with E-state index in [9.17, 15) is 4.79 Å². The molecule has 178 valence electrons. The molecule has 0 aliphatic carbocycles. The number of aryl methyl sites for hydroxylation is 1. The van der Waals surface area contributed by atoms with Crippen molar-refractivity contribution in [2.45, 2.75) is 33.1 Å². The van der Waals surface area contributed by atoms with Gasteiger partial charge in [-0.1, -0.05) is 29.8 Å². The Bertz CT molecular complexity index is 1470. The highest BCUT2D eigenvalue weighted by Gasteiger charge is 2.16. The third-order valence-electron chi connectivity index (χ3n) is 5.89. The summed E-state index contributed by atoms with van der Waals surface area (Å²) in [5.41, 5.74) is 3.72. The van der Waals surface area contributed by atoms with Gasteiger partial charge < -0.3 is 9.72 Å². The van der Waals surface area contributed by atoms with E-state index in [1.54, 1.807) is 23.1 Å². The molecule has 3 aromatic heterocycles. The van der Waals surface area contributed by atoms with Gasteiger partial charge in [0.05, 0.1) is 20.2 Å². The van der Waals surface area contributed by atoms with Gasteiger partial charge in [0.25, 0.3) is 5.56 Å². The predicted octanol–water partition coefficient (Wildman–Crippen LogP) is 4.14. The van der Waals surface area contributed by atoms with Gasteiger partial charge in [-0.3, -0.25) is 9.69 Å². The van der Waals surface area contributed by atoms with Crippen LogP contribution in [0.25, 0.3) is 10.9 Å². The number of aromatic amines is 1. The smallest absolute Gasteiger partial charge is 0.252 e. The Morgan fingerprint density at radius 2 is 1.91 bits per heavy atom. The molecule has 5 rings (SSSR count). The van der Waals surface area contributed by atoms with Gasteiger partial charge in [0, 0.05) is 29.0 Å². The minimum absolute atomic E-state index is 0.0737. The summed E-state index contributed by atoms with van der Waals surface area (Å²) in [6, 6.07) is 20.0. The zero-order chi connectivity index (χ0) is 24.2. The van der Waals surface area contributed by atoms with Crippen molar-refractivity contribution in [3.63, 3.8) is 0 Å². The highest BCUT2D eigenvalue weighted by atomic mass is 32.1. The molecule has 1 N–H and O–H groups in total. The number of pyridine rings is 1. The summed E-state index contributed by atoms with van der Waals surface area (Å²) in [5, 5.41) is 15.5. The molecule has 0 atom stereocenters. The molecular formula is C26H26N6O2S. The van der Waals surface area contributed by atoms with Crippen LogP contribution in [0.5, 0.6) is 5.75 Å². The molecule has 0 aliphatic rings. The average molecular weight is 487 g/mol. The Balaban J connectivity index is 1.41. The second kappa shape index (κ2) is 10.2. The van der Waals surface area contributed by atoms with Crippen LogP contribution in [0.15, 0.2) is 70.8 Å². The van der Waals surface area contributed by atoms with Gasteiger partial charge in [0.2, 0.25) is 0 Å². The monoisotopic (exact) mass is 486 g/mol. The van der Waals surface area contributed by atoms with E-state index < -0.39 is 0 Å². The summed E-state index contributed by atoms with van der Waals surface area (Å²) in [4.78, 5) is 19.3. The van der Waals surface area contributed by atoms with Crippen molar-refractivity contribution in [1.82, 2.24) is 30.1 Å². The van der Waals surface area contributed by atoms with Crippen LogP contribution in [-0.2, 0) is 26.2 Å². The van der Waals surface area contributed by atoms with Crippen LogP contribution in [0, 0.1) is 6.92 Å². The average Bonchev–Trinajstić information content (AvgIpc) is 3.52. The zero-order valence-electron chi connectivity index (χ0n) is 19.6. The van der Waals surface area contributed by atoms with Crippen molar-refractivity contribution < 1.29 is 4.74 Å². The number of nitrogens with zero attached hydrogens (tertiary/aromatic N) is 5. The standard InChI is InChI=1S/C26H26N6O2S/c1-18-5-10-24-20(12-18)13-21(26(33)27-24)15-31(16-23-4-3-11-35-23)17-25-28-29-30-32(25)14-19-6-8-22(34-2)9-7-19/h3-13H,14-17H2,1-2H3,(H,27,33). The Hall–Kier alpha value is -3.82. The number of tetrazole rings is 1. The van der Waals surface area contributed by atoms with Crippen LogP contribution in [0.2, 0.25) is 0 Å². The summed E-state index contributed by atoms with van der Waals surface area (Å²) < 4.78 is 7.05. The number of H-pyrrole nitrogens is 1. The van der Waals surface area contributed by atoms with E-state index in [4.69, 9.17) is 4.74 Å². The minimum Gasteiger partial charge on any atom is -0.497 e. The van der Waals surface area contributed by atoms with Crippen molar-refractivity contribution in [2.24, 2.45) is 0 Å². The lowest BCUT2D eigenvalue weighted by atomic mass is 10.1. The molecule has 0 spiro atoms. The van der Waals surface area contributed by atoms with Gasteiger partial charge >= 0.3 is 0 Å². The van der Waals surface area contributed by atoms with Crippen LogP contribution in [-0.4, -0.2) is 37.2 Å². The molecular weight excluding hydrogens is 460 g/mol. The quantitative estimate of drug-likeness (QED) is 0.337. The number of hydrogen-bond donors (Lipinski definition) is 1. The van der Waals surface area contributed by atoms with Crippen LogP contribution < -0.4 is 10.3 Å². The summed E-state index contributed by atoms with van der Waals surface area (Å²) >= 11 is 1.70. The summed E-state index contributed by atoms with van der Waals surface area (Å²) in [6.07, 6.45) is 0. The lowest BCUT2D eigenvalue weighted by molar-refractivity contribution is 0.238. The van der Waals surface area contributed by atoms with Gasteiger partial charge in [-0.2, -0.15) is 0 Å². The Morgan fingerprint density at radius 1 is 1.06 bits per heavy atom. The molecule has 0 aliphatic heterocycles. The first-order chi connectivity index (χ1) is 17.1. The summed E-state index contributed by atoms with van der Waals surface area (Å²) in [5.74, 6) is 1.55. The van der Waals surface area contributed by atoms with Crippen molar-refractivity contribution in [1.29, 1.82) is 0 Å². The van der Waals surface area contributed by atoms with Gasteiger partial charge in [-0.15, -0.1) is 16.4 Å². The molecule has 0 saturated carbocycles. The van der Waals surface area contributed by atoms with Crippen molar-refractivity contribution in [3.05, 3.63) is 104 Å². The lowest BCUT2D eigenvalue weighted by Gasteiger charge is -2.21. The van der Waals surface area contributed by atoms with Gasteiger partial charge in [0.15, 0.2) is 5.82 Å². The highest BCUT2D eigenvalue weighted by Crippen LogP contribution is 2.19. The first kappa shape index (κ1) is 22.9. The Kier molecular flexibility index (Phi) is 6.69. The fraction of sp³-hybridized carbons (Fsp3) is 0.231. The maximum Gasteiger partial charge on any atom is 0.252 e. The molecule has 0 unspecified atom stereocenters. The molecule has 35 heavy (non-hydrogen) atoms. The number of nitrogens with one attached hydrogen (secondary N) is 1. The molecule has 8 nitrogen and oxygen atoms in total. The fourth-order valence-corrected chi connectivity index (χ4v) is 4.83. The molecule has 9 heteroatoms. The Labute approximate surface area is 206 Å². The third-order valence-corrected chi connectivity index (χ3v) is 6.75. The first-order valence-electron chi connectivity index (χ1n) is 11.3. The second-order valence-corrected chi connectivity index (χ2v) is 9.57. The van der Waals surface area contributed by atoms with Crippen molar-refractivity contribution in [3.8, 4) is 5.75 Å². The third kappa shape index (κ3) is 5.47. The number of thiophene rings is 1. The van der Waals surface area contributed by atoms with E-state index >= 15 is 0 Å². The maximum absolute atomic E-state index is 12.9. The van der Waals surface area contributed by atoms with E-state index in [-0.39, 0.29) is 5.56 Å². The second-order valence-electron chi connectivity index (χ2n) is 8.54. The molecule has 0 radical (unpaired) electrons. The highest BCUT2D eigenvalue weighted by molar-refractivity contribution is 7.09. The molecule has 3 heterocycles. The topological polar surface area (TPSA) is 88.9 Å². The molecule has 2 aromatic carbocycles. The van der Waals surface area contributed by atoms with Crippen LogP contribution in [0.1, 0.15) is 27.4 Å². The number of benzene rings is 2. The van der Waals surface area contributed by atoms with Gasteiger partial charge in [-0.25, -0.2) is 4.68 Å². The SMILES string of the molecule is COc1ccc(Cn2nnnc2CN(Cc2cccs2)Cc2cc3cc(C)ccc3[nH]c2=O)cc1. The number of aromatic nitrogens is 5. The number of fused-ring (bicyclic) bond motifs is 1. The van der Waals surface area contributed by atoms with E-state index in [0.717, 1.165) is 33.6 Å². The van der Waals surface area contributed by atoms with E-state index in [1.807, 2.05) is 48.5 Å². The van der Waals surface area contributed by atoms with E-state index in [2.05, 4.69) is 49.8 Å². The molecule has 0 amide bonds. The van der Waals surface area contributed by atoms with E-state index in [0.29, 0.717) is 31.7 Å². The van der Waals surface area contributed by atoms with Crippen LogP contribution >= 0.6 is 11.3 Å². The predicted molar refractivity (Wildman–Crippen MR) is 136 cm³/mol. The summed E-state index contributed by atoms with van der Waals surface area (Å²) in [6.45, 7) is 4.28. The van der Waals surface area contributed by atoms with Crippen LogP contribution in [0.3, 0.4) is 0 Å². The van der Waals surface area contributed by atoms with E-state index in [1.165, 1.54) is 4.88 Å². The van der Waals surface area contributed by atoms with Gasteiger partial charge in [0.1, 0.15) is 5.75 Å². The number of rotatable bonds is 9. The lowest BCUT2D eigenvalue weighted by Crippen LogP contribution is -2.27. The molecule has 0 fully saturated rings. The molecule has 5 aromatic rings. The normalized spacial score (nSPS) is 11.4. The Morgan fingerprint density at radius 3 is 2.69 bits per heavy atom. The molecule has 0 saturated heterocycles. The van der Waals surface area contributed by atoms with Crippen LogP contribution in [0.4, 0.5) is 0 Å². The first-order valence-corrected chi connectivity index (χ1v) is 12.2. The summed E-state index contributed by atoms with van der Waals surface area (Å²) in [7, 11) is 1.65. The molecule has 0 bridgehead atoms. The zero-order valence-corrected chi connectivity index (χ0v) is 20.5.